The van der Waals surface area contributed by atoms with Gasteiger partial charge < -0.3 is 28.7 Å². The van der Waals surface area contributed by atoms with Gasteiger partial charge in [-0.1, -0.05) is 18.6 Å². The van der Waals surface area contributed by atoms with Crippen LogP contribution in [0.15, 0.2) is 18.2 Å². The quantitative estimate of drug-likeness (QED) is 0.524. The molecule has 5 fully saturated rings. The van der Waals surface area contributed by atoms with E-state index >= 15 is 0 Å². The van der Waals surface area contributed by atoms with Gasteiger partial charge in [0.25, 0.3) is 5.91 Å². The van der Waals surface area contributed by atoms with Gasteiger partial charge >= 0.3 is 7.12 Å². The van der Waals surface area contributed by atoms with E-state index in [-0.39, 0.29) is 17.9 Å². The van der Waals surface area contributed by atoms with E-state index in [4.69, 9.17) is 14.0 Å². The molecular weight excluding hydrogens is 517 g/mol. The van der Waals surface area contributed by atoms with Crippen molar-refractivity contribution in [3.63, 3.8) is 0 Å². The lowest BCUT2D eigenvalue weighted by atomic mass is 9.71. The number of benzene rings is 1. The first-order valence-electron chi connectivity index (χ1n) is 16.0. The smallest absolute Gasteiger partial charge is 0.399 e. The van der Waals surface area contributed by atoms with Crippen molar-refractivity contribution >= 4 is 30.1 Å². The van der Waals surface area contributed by atoms with Crippen molar-refractivity contribution in [2.24, 2.45) is 0 Å². The molecule has 8 nitrogen and oxygen atoms in total. The molecule has 6 aliphatic rings. The number of carbonyl (C=O) groups excluding carboxylic acids is 2. The third-order valence-corrected chi connectivity index (χ3v) is 11.7. The van der Waals surface area contributed by atoms with Gasteiger partial charge in [0, 0.05) is 37.3 Å². The molecule has 7 rings (SSSR count). The minimum absolute atomic E-state index is 0.0700. The summed E-state index contributed by atoms with van der Waals surface area (Å²) in [6.07, 6.45) is 8.03. The van der Waals surface area contributed by atoms with Crippen molar-refractivity contribution in [2.45, 2.75) is 120 Å². The summed E-state index contributed by atoms with van der Waals surface area (Å²) in [6, 6.07) is 7.20. The molecule has 5 aliphatic heterocycles. The van der Waals surface area contributed by atoms with Gasteiger partial charge in [-0.2, -0.15) is 0 Å². The molecule has 9 heteroatoms. The molecule has 1 atom stereocenters. The van der Waals surface area contributed by atoms with E-state index in [1.54, 1.807) is 0 Å². The molecule has 5 heterocycles. The van der Waals surface area contributed by atoms with E-state index in [1.165, 1.54) is 32.4 Å². The number of nitrogens with zero attached hydrogens (tertiary/aromatic N) is 3. The third-order valence-electron chi connectivity index (χ3n) is 11.7. The number of amides is 2. The van der Waals surface area contributed by atoms with Crippen molar-refractivity contribution in [2.75, 3.05) is 37.7 Å². The molecular formula is C32H46BN3O5. The Labute approximate surface area is 245 Å². The number of likely N-dealkylation sites (tertiary alicyclic amines) is 2. The van der Waals surface area contributed by atoms with Crippen LogP contribution in [-0.4, -0.2) is 90.4 Å². The summed E-state index contributed by atoms with van der Waals surface area (Å²) < 4.78 is 18.5. The normalized spacial score (nSPS) is 34.0. The largest absolute Gasteiger partial charge is 0.494 e. The molecule has 1 aliphatic carbocycles. The van der Waals surface area contributed by atoms with Crippen LogP contribution in [0.25, 0.3) is 0 Å². The van der Waals surface area contributed by atoms with Crippen LogP contribution in [0.4, 0.5) is 5.69 Å². The number of hydrogen-bond donors (Lipinski definition) is 0. The number of rotatable bonds is 4. The number of carbonyl (C=O) groups is 2. The Morgan fingerprint density at radius 3 is 2.10 bits per heavy atom. The first-order valence-corrected chi connectivity index (χ1v) is 16.0. The topological polar surface area (TPSA) is 71.6 Å². The standard InChI is InChI=1S/C32H46BN3O5/c1-29(2)30(3,4)41-33(40-29)22-9-10-25-26(19-22)36(24-20-23(21-24)34-14-7-6-8-15-34)28(38)32(25)11-16-35(17-12-32)27(37)31(5)13-18-39-31/h9-10,19,23-24H,6-8,11-18,20-21H2,1-5H3. The highest BCUT2D eigenvalue weighted by molar-refractivity contribution is 6.62. The van der Waals surface area contributed by atoms with Gasteiger partial charge in [-0.05, 0) is 103 Å². The average Bonchev–Trinajstić information content (AvgIpc) is 3.27. The second kappa shape index (κ2) is 9.53. The fraction of sp³-hybridized carbons (Fsp3) is 0.750. The molecule has 222 valence electrons. The molecule has 1 aromatic rings. The minimum atomic E-state index is -0.693. The van der Waals surface area contributed by atoms with Gasteiger partial charge in [0.15, 0.2) is 0 Å². The molecule has 1 unspecified atom stereocenters. The minimum Gasteiger partial charge on any atom is -0.399 e. The Hall–Kier alpha value is -1.94. The van der Waals surface area contributed by atoms with Gasteiger partial charge in [-0.15, -0.1) is 0 Å². The van der Waals surface area contributed by atoms with Crippen molar-refractivity contribution in [1.82, 2.24) is 9.80 Å². The van der Waals surface area contributed by atoms with Crippen LogP contribution >= 0.6 is 0 Å². The Morgan fingerprint density at radius 2 is 1.51 bits per heavy atom. The van der Waals surface area contributed by atoms with Gasteiger partial charge in [-0.25, -0.2) is 0 Å². The van der Waals surface area contributed by atoms with E-state index < -0.39 is 29.3 Å². The van der Waals surface area contributed by atoms with Crippen LogP contribution in [0.2, 0.25) is 0 Å². The molecule has 2 amide bonds. The number of anilines is 1. The van der Waals surface area contributed by atoms with E-state index in [0.717, 1.165) is 36.0 Å². The van der Waals surface area contributed by atoms with Crippen LogP contribution < -0.4 is 10.4 Å². The Balaban J connectivity index is 1.17. The van der Waals surface area contributed by atoms with Crippen LogP contribution in [0, 0.1) is 0 Å². The Morgan fingerprint density at radius 1 is 0.878 bits per heavy atom. The Kier molecular flexibility index (Phi) is 6.48. The predicted octanol–water partition coefficient (Wildman–Crippen LogP) is 3.39. The van der Waals surface area contributed by atoms with Crippen LogP contribution in [-0.2, 0) is 29.0 Å². The number of piperidine rings is 2. The molecule has 0 bridgehead atoms. The summed E-state index contributed by atoms with van der Waals surface area (Å²) in [5.41, 5.74) is 0.971. The van der Waals surface area contributed by atoms with Crippen molar-refractivity contribution in [3.05, 3.63) is 23.8 Å². The fourth-order valence-electron chi connectivity index (χ4n) is 7.93. The molecule has 0 aromatic heterocycles. The third kappa shape index (κ3) is 4.24. The number of ether oxygens (including phenoxy) is 1. The molecule has 0 N–H and O–H groups in total. The highest BCUT2D eigenvalue weighted by atomic mass is 16.7. The summed E-state index contributed by atoms with van der Waals surface area (Å²) in [6.45, 7) is 14.4. The highest BCUT2D eigenvalue weighted by Crippen LogP contribution is 2.51. The maximum atomic E-state index is 14.6. The molecule has 41 heavy (non-hydrogen) atoms. The summed E-state index contributed by atoms with van der Waals surface area (Å²) in [4.78, 5) is 34.5. The van der Waals surface area contributed by atoms with Crippen LogP contribution in [0.5, 0.6) is 0 Å². The number of fused-ring (bicyclic) bond motifs is 2. The van der Waals surface area contributed by atoms with E-state index in [0.29, 0.717) is 38.6 Å². The first-order chi connectivity index (χ1) is 19.4. The molecule has 1 aromatic carbocycles. The Bertz CT molecular complexity index is 1210. The monoisotopic (exact) mass is 563 g/mol. The lowest BCUT2D eigenvalue weighted by molar-refractivity contribution is -0.183. The fourth-order valence-corrected chi connectivity index (χ4v) is 7.93. The van der Waals surface area contributed by atoms with Gasteiger partial charge in [0.05, 0.1) is 23.2 Å². The van der Waals surface area contributed by atoms with Gasteiger partial charge in [0.1, 0.15) is 5.60 Å². The van der Waals surface area contributed by atoms with E-state index in [2.05, 4.69) is 55.7 Å². The van der Waals surface area contributed by atoms with E-state index in [9.17, 15) is 9.59 Å². The maximum absolute atomic E-state index is 14.6. The van der Waals surface area contributed by atoms with Gasteiger partial charge in [0.2, 0.25) is 5.91 Å². The lowest BCUT2D eigenvalue weighted by Gasteiger charge is -2.48. The number of hydrogen-bond acceptors (Lipinski definition) is 6. The molecule has 4 saturated heterocycles. The average molecular weight is 564 g/mol. The maximum Gasteiger partial charge on any atom is 0.494 e. The first kappa shape index (κ1) is 27.9. The van der Waals surface area contributed by atoms with Crippen molar-refractivity contribution < 1.29 is 23.6 Å². The molecule has 1 spiro atoms. The van der Waals surface area contributed by atoms with Crippen molar-refractivity contribution in [1.29, 1.82) is 0 Å². The van der Waals surface area contributed by atoms with Crippen LogP contribution in [0.3, 0.4) is 0 Å². The zero-order chi connectivity index (χ0) is 28.8. The lowest BCUT2D eigenvalue weighted by Crippen LogP contribution is -2.60. The summed E-state index contributed by atoms with van der Waals surface area (Å²) >= 11 is 0. The summed E-state index contributed by atoms with van der Waals surface area (Å²) in [5.74, 6) is 0.291. The summed E-state index contributed by atoms with van der Waals surface area (Å²) in [7, 11) is -0.469. The molecule has 1 saturated carbocycles. The highest BCUT2D eigenvalue weighted by Gasteiger charge is 2.58. The zero-order valence-electron chi connectivity index (χ0n) is 25.5. The second-order valence-electron chi connectivity index (χ2n) is 14.6. The van der Waals surface area contributed by atoms with E-state index in [1.807, 2.05) is 11.8 Å². The summed E-state index contributed by atoms with van der Waals surface area (Å²) in [5, 5.41) is 0. The zero-order valence-corrected chi connectivity index (χ0v) is 25.5. The molecule has 0 radical (unpaired) electrons. The van der Waals surface area contributed by atoms with Crippen molar-refractivity contribution in [3.8, 4) is 0 Å². The van der Waals surface area contributed by atoms with Crippen LogP contribution in [0.1, 0.15) is 91.5 Å². The van der Waals surface area contributed by atoms with Gasteiger partial charge in [-0.3, -0.25) is 9.59 Å². The SMILES string of the molecule is CC1(C(=O)N2CCC3(CC2)C(=O)N(C2CC(N4CCCCC4)C2)c2cc(B4OC(C)(C)C(C)(C)O4)ccc23)CCO1. The predicted molar refractivity (Wildman–Crippen MR) is 158 cm³/mol. The second-order valence-corrected chi connectivity index (χ2v) is 14.6.